The number of aromatic amines is 1. The first-order valence-electron chi connectivity index (χ1n) is 10.7. The fraction of sp³-hybridized carbons (Fsp3) is 0.348. The summed E-state index contributed by atoms with van der Waals surface area (Å²) in [6, 6.07) is 8.37. The molecule has 8 nitrogen and oxygen atoms in total. The van der Waals surface area contributed by atoms with Gasteiger partial charge in [-0.1, -0.05) is 23.7 Å². The lowest BCUT2D eigenvalue weighted by molar-refractivity contribution is -0.135. The van der Waals surface area contributed by atoms with E-state index in [4.69, 9.17) is 16.7 Å². The Balaban J connectivity index is 1.51. The summed E-state index contributed by atoms with van der Waals surface area (Å²) in [4.78, 5) is 37.2. The quantitative estimate of drug-likeness (QED) is 0.454. The normalized spacial score (nSPS) is 15.5. The molecule has 10 heteroatoms. The van der Waals surface area contributed by atoms with Gasteiger partial charge in [0.1, 0.15) is 22.7 Å². The number of aliphatic hydroxyl groups is 1. The molecule has 3 heterocycles. The smallest absolute Gasteiger partial charge is 0.268 e. The second-order valence-electron chi connectivity index (χ2n) is 8.02. The van der Waals surface area contributed by atoms with E-state index in [2.05, 4.69) is 20.2 Å². The molecule has 0 saturated carbocycles. The van der Waals surface area contributed by atoms with Crippen molar-refractivity contribution in [3.63, 3.8) is 0 Å². The zero-order valence-electron chi connectivity index (χ0n) is 17.9. The van der Waals surface area contributed by atoms with Crippen molar-refractivity contribution in [2.45, 2.75) is 12.5 Å². The van der Waals surface area contributed by atoms with Crippen LogP contribution in [0.3, 0.4) is 0 Å². The summed E-state index contributed by atoms with van der Waals surface area (Å²) in [5.74, 6) is -0.991. The number of carbonyl (C=O) groups is 2. The number of H-pyrrole nitrogens is 1. The van der Waals surface area contributed by atoms with Crippen molar-refractivity contribution in [1.82, 2.24) is 25.1 Å². The van der Waals surface area contributed by atoms with Gasteiger partial charge < -0.3 is 20.3 Å². The standard InChI is InChI=1S/C23H25ClFN5O3/c24-21-13-16-12-18(27-20(16)14-26-21)22(32)28-19(11-15-1-3-17(25)4-2-15)23(33)30-7-5-29(6-8-30)9-10-31/h1-4,12-14,19,27,31H,5-11H2,(H,28,32)/t19-/m0/s1. The molecule has 33 heavy (non-hydrogen) atoms. The highest BCUT2D eigenvalue weighted by Crippen LogP contribution is 2.18. The fourth-order valence-corrected chi connectivity index (χ4v) is 4.14. The second kappa shape index (κ2) is 10.3. The Morgan fingerprint density at radius 2 is 1.91 bits per heavy atom. The number of hydrogen-bond donors (Lipinski definition) is 3. The van der Waals surface area contributed by atoms with Gasteiger partial charge in [-0.2, -0.15) is 0 Å². The number of benzene rings is 1. The number of fused-ring (bicyclic) bond motifs is 1. The van der Waals surface area contributed by atoms with Crippen LogP contribution in [-0.4, -0.2) is 82.1 Å². The molecule has 0 bridgehead atoms. The van der Waals surface area contributed by atoms with Gasteiger partial charge in [0, 0.05) is 44.5 Å². The average molecular weight is 474 g/mol. The van der Waals surface area contributed by atoms with Gasteiger partial charge in [0.15, 0.2) is 0 Å². The molecule has 1 aliphatic heterocycles. The predicted molar refractivity (Wildman–Crippen MR) is 123 cm³/mol. The maximum atomic E-state index is 13.3. The van der Waals surface area contributed by atoms with Gasteiger partial charge >= 0.3 is 0 Å². The van der Waals surface area contributed by atoms with Gasteiger partial charge in [-0.05, 0) is 29.8 Å². The van der Waals surface area contributed by atoms with E-state index in [-0.39, 0.29) is 24.8 Å². The van der Waals surface area contributed by atoms with E-state index in [0.29, 0.717) is 49.1 Å². The molecule has 1 atom stereocenters. The largest absolute Gasteiger partial charge is 0.395 e. The number of nitrogens with one attached hydrogen (secondary N) is 2. The molecule has 0 radical (unpaired) electrons. The highest BCUT2D eigenvalue weighted by Gasteiger charge is 2.29. The van der Waals surface area contributed by atoms with Crippen LogP contribution in [0, 0.1) is 5.82 Å². The van der Waals surface area contributed by atoms with E-state index in [1.165, 1.54) is 12.1 Å². The molecule has 174 valence electrons. The summed E-state index contributed by atoms with van der Waals surface area (Å²) in [5, 5.41) is 13.0. The maximum absolute atomic E-state index is 13.3. The van der Waals surface area contributed by atoms with Crippen molar-refractivity contribution in [2.24, 2.45) is 0 Å². The molecule has 0 spiro atoms. The van der Waals surface area contributed by atoms with Crippen molar-refractivity contribution in [1.29, 1.82) is 0 Å². The van der Waals surface area contributed by atoms with Crippen LogP contribution >= 0.6 is 11.6 Å². The number of rotatable bonds is 7. The number of piperazine rings is 1. The van der Waals surface area contributed by atoms with Crippen LogP contribution < -0.4 is 5.32 Å². The van der Waals surface area contributed by atoms with E-state index in [0.717, 1.165) is 10.9 Å². The molecule has 4 rings (SSSR count). The van der Waals surface area contributed by atoms with Gasteiger partial charge in [0.2, 0.25) is 5.91 Å². The predicted octanol–water partition coefficient (Wildman–Crippen LogP) is 1.83. The van der Waals surface area contributed by atoms with Crippen LogP contribution in [0.15, 0.2) is 42.6 Å². The Hall–Kier alpha value is -3.01. The van der Waals surface area contributed by atoms with E-state index >= 15 is 0 Å². The number of halogens is 2. The summed E-state index contributed by atoms with van der Waals surface area (Å²) in [6.45, 7) is 2.95. The van der Waals surface area contributed by atoms with Crippen LogP contribution in [0.4, 0.5) is 4.39 Å². The van der Waals surface area contributed by atoms with Gasteiger partial charge in [-0.3, -0.25) is 14.5 Å². The molecule has 0 aliphatic carbocycles. The van der Waals surface area contributed by atoms with Gasteiger partial charge in [0.25, 0.3) is 5.91 Å². The number of nitrogens with zero attached hydrogens (tertiary/aromatic N) is 3. The van der Waals surface area contributed by atoms with Crippen LogP contribution in [0.5, 0.6) is 0 Å². The molecule has 2 amide bonds. The zero-order chi connectivity index (χ0) is 23.4. The van der Waals surface area contributed by atoms with Crippen molar-refractivity contribution in [3.05, 3.63) is 64.8 Å². The highest BCUT2D eigenvalue weighted by molar-refractivity contribution is 6.30. The third-order valence-electron chi connectivity index (χ3n) is 5.77. The molecule has 3 aromatic rings. The Morgan fingerprint density at radius 3 is 2.61 bits per heavy atom. The van der Waals surface area contributed by atoms with Gasteiger partial charge in [-0.15, -0.1) is 0 Å². The summed E-state index contributed by atoms with van der Waals surface area (Å²) >= 11 is 5.93. The molecule has 2 aromatic heterocycles. The van der Waals surface area contributed by atoms with Gasteiger partial charge in [-0.25, -0.2) is 9.37 Å². The van der Waals surface area contributed by atoms with Crippen LogP contribution in [0.1, 0.15) is 16.1 Å². The molecule has 1 saturated heterocycles. The Morgan fingerprint density at radius 1 is 1.18 bits per heavy atom. The molecule has 1 fully saturated rings. The molecule has 3 N–H and O–H groups in total. The van der Waals surface area contributed by atoms with E-state index in [1.807, 2.05) is 0 Å². The Kier molecular flexibility index (Phi) is 7.22. The minimum atomic E-state index is -0.819. The van der Waals surface area contributed by atoms with Crippen molar-refractivity contribution in [3.8, 4) is 0 Å². The van der Waals surface area contributed by atoms with Crippen molar-refractivity contribution < 1.29 is 19.1 Å². The number of hydrogen-bond acceptors (Lipinski definition) is 5. The monoisotopic (exact) mass is 473 g/mol. The maximum Gasteiger partial charge on any atom is 0.268 e. The molecular formula is C23H25ClFN5O3. The first kappa shape index (κ1) is 23.2. The summed E-state index contributed by atoms with van der Waals surface area (Å²) < 4.78 is 13.3. The first-order valence-corrected chi connectivity index (χ1v) is 11.1. The van der Waals surface area contributed by atoms with E-state index in [9.17, 15) is 14.0 Å². The summed E-state index contributed by atoms with van der Waals surface area (Å²) in [7, 11) is 0. The minimum Gasteiger partial charge on any atom is -0.395 e. The molecule has 0 unspecified atom stereocenters. The number of aliphatic hydroxyl groups excluding tert-OH is 1. The van der Waals surface area contributed by atoms with Crippen LogP contribution in [0.25, 0.3) is 10.9 Å². The average Bonchev–Trinajstić information content (AvgIpc) is 3.24. The van der Waals surface area contributed by atoms with Crippen LogP contribution in [0.2, 0.25) is 5.15 Å². The number of pyridine rings is 1. The first-order chi connectivity index (χ1) is 15.9. The lowest BCUT2D eigenvalue weighted by atomic mass is 10.0. The third-order valence-corrected chi connectivity index (χ3v) is 5.98. The second-order valence-corrected chi connectivity index (χ2v) is 8.41. The molecule has 1 aliphatic rings. The fourth-order valence-electron chi connectivity index (χ4n) is 3.97. The Bertz CT molecular complexity index is 1130. The number of aromatic nitrogens is 2. The lowest BCUT2D eigenvalue weighted by Gasteiger charge is -2.36. The zero-order valence-corrected chi connectivity index (χ0v) is 18.7. The van der Waals surface area contributed by atoms with Crippen molar-refractivity contribution >= 4 is 34.3 Å². The van der Waals surface area contributed by atoms with E-state index < -0.39 is 11.9 Å². The minimum absolute atomic E-state index is 0.0719. The van der Waals surface area contributed by atoms with Crippen LogP contribution in [-0.2, 0) is 11.2 Å². The summed E-state index contributed by atoms with van der Waals surface area (Å²) in [5.41, 5.74) is 1.69. The third kappa shape index (κ3) is 5.68. The topological polar surface area (TPSA) is 102 Å². The van der Waals surface area contributed by atoms with Gasteiger partial charge in [0.05, 0.1) is 18.3 Å². The lowest BCUT2D eigenvalue weighted by Crippen LogP contribution is -2.55. The number of carbonyl (C=O) groups excluding carboxylic acids is 2. The SMILES string of the molecule is O=C(N[C@@H](Cc1ccc(F)cc1)C(=O)N1CCN(CCO)CC1)c1cc2cc(Cl)ncc2[nH]1. The molecule has 1 aromatic carbocycles. The summed E-state index contributed by atoms with van der Waals surface area (Å²) in [6.07, 6.45) is 1.77. The Labute approximate surface area is 195 Å². The number of β-amino-alcohol motifs (C(OH)–C–C–N with tert-alkyl or cyclic N) is 1. The number of amides is 2. The molecular weight excluding hydrogens is 449 g/mol. The van der Waals surface area contributed by atoms with Crippen molar-refractivity contribution in [2.75, 3.05) is 39.3 Å². The van der Waals surface area contributed by atoms with E-state index in [1.54, 1.807) is 35.4 Å². The highest BCUT2D eigenvalue weighted by atomic mass is 35.5.